The van der Waals surface area contributed by atoms with E-state index >= 15 is 0 Å². The number of rotatable bonds is 2. The fourth-order valence-electron chi connectivity index (χ4n) is 3.16. The SMILES string of the molecule is COc1ccc2c(c1)-n1nncc1Cc1c(C3=NCCO3)ncn1-2. The van der Waals surface area contributed by atoms with Crippen molar-refractivity contribution in [2.75, 3.05) is 20.3 Å². The molecule has 2 aliphatic heterocycles. The summed E-state index contributed by atoms with van der Waals surface area (Å²) in [5.74, 6) is 1.38. The van der Waals surface area contributed by atoms with Gasteiger partial charge in [-0.2, -0.15) is 0 Å². The molecule has 0 radical (unpaired) electrons. The van der Waals surface area contributed by atoms with Crippen LogP contribution in [0.3, 0.4) is 0 Å². The number of hydrogen-bond acceptors (Lipinski definition) is 6. The maximum Gasteiger partial charge on any atom is 0.237 e. The van der Waals surface area contributed by atoms with E-state index in [4.69, 9.17) is 9.47 Å². The molecule has 2 aromatic heterocycles. The van der Waals surface area contributed by atoms with Gasteiger partial charge in [0.05, 0.1) is 42.6 Å². The molecule has 0 saturated heterocycles. The second-order valence-corrected chi connectivity index (χ2v) is 5.61. The Morgan fingerprint density at radius 3 is 3.04 bits per heavy atom. The monoisotopic (exact) mass is 322 g/mol. The Morgan fingerprint density at radius 2 is 2.21 bits per heavy atom. The van der Waals surface area contributed by atoms with Crippen molar-refractivity contribution in [2.24, 2.45) is 4.99 Å². The fraction of sp³-hybridized carbons (Fsp3) is 0.250. The number of aromatic nitrogens is 5. The summed E-state index contributed by atoms with van der Waals surface area (Å²) in [6.45, 7) is 1.28. The maximum absolute atomic E-state index is 5.61. The summed E-state index contributed by atoms with van der Waals surface area (Å²) in [6, 6.07) is 5.87. The predicted octanol–water partition coefficient (Wildman–Crippen LogP) is 1.14. The molecule has 0 amide bonds. The van der Waals surface area contributed by atoms with Crippen LogP contribution in [0.25, 0.3) is 11.4 Å². The number of ether oxygens (including phenoxy) is 2. The molecule has 120 valence electrons. The van der Waals surface area contributed by atoms with Gasteiger partial charge in [-0.05, 0) is 12.1 Å². The molecule has 3 aromatic rings. The van der Waals surface area contributed by atoms with Gasteiger partial charge >= 0.3 is 0 Å². The minimum Gasteiger partial charge on any atom is -0.497 e. The van der Waals surface area contributed by atoms with E-state index in [2.05, 4.69) is 24.9 Å². The minimum absolute atomic E-state index is 0.606. The van der Waals surface area contributed by atoms with E-state index in [1.807, 2.05) is 22.9 Å². The average Bonchev–Trinajstić information content (AvgIpc) is 3.34. The molecule has 0 bridgehead atoms. The lowest BCUT2D eigenvalue weighted by Gasteiger charge is -2.11. The van der Waals surface area contributed by atoms with Crippen molar-refractivity contribution in [3.8, 4) is 17.1 Å². The van der Waals surface area contributed by atoms with Gasteiger partial charge in [-0.1, -0.05) is 5.21 Å². The van der Waals surface area contributed by atoms with Crippen molar-refractivity contribution >= 4 is 5.90 Å². The third-order valence-electron chi connectivity index (χ3n) is 4.29. The van der Waals surface area contributed by atoms with Gasteiger partial charge in [0.2, 0.25) is 5.90 Å². The Balaban J connectivity index is 1.78. The van der Waals surface area contributed by atoms with Crippen LogP contribution in [0.2, 0.25) is 0 Å². The highest BCUT2D eigenvalue weighted by atomic mass is 16.5. The number of imidazole rings is 1. The lowest BCUT2D eigenvalue weighted by Crippen LogP contribution is -2.08. The van der Waals surface area contributed by atoms with Crippen LogP contribution in [0, 0.1) is 0 Å². The molecular weight excluding hydrogens is 308 g/mol. The molecule has 8 nitrogen and oxygen atoms in total. The van der Waals surface area contributed by atoms with Crippen molar-refractivity contribution in [1.29, 1.82) is 0 Å². The summed E-state index contributed by atoms with van der Waals surface area (Å²) in [5, 5.41) is 8.30. The van der Waals surface area contributed by atoms with Crippen LogP contribution in [0.4, 0.5) is 0 Å². The molecule has 0 spiro atoms. The summed E-state index contributed by atoms with van der Waals surface area (Å²) in [7, 11) is 1.65. The van der Waals surface area contributed by atoms with E-state index in [1.54, 1.807) is 19.6 Å². The number of nitrogens with zero attached hydrogens (tertiary/aromatic N) is 6. The molecular formula is C16H14N6O2. The van der Waals surface area contributed by atoms with Crippen molar-refractivity contribution in [3.63, 3.8) is 0 Å². The molecule has 5 rings (SSSR count). The van der Waals surface area contributed by atoms with Gasteiger partial charge in [0, 0.05) is 12.5 Å². The Morgan fingerprint density at radius 1 is 1.25 bits per heavy atom. The molecule has 24 heavy (non-hydrogen) atoms. The van der Waals surface area contributed by atoms with E-state index in [9.17, 15) is 0 Å². The Labute approximate surface area is 137 Å². The van der Waals surface area contributed by atoms with Crippen LogP contribution >= 0.6 is 0 Å². The normalized spacial score (nSPS) is 15.0. The van der Waals surface area contributed by atoms with Crippen LogP contribution in [0.5, 0.6) is 5.75 Å². The first-order valence-electron chi connectivity index (χ1n) is 7.67. The zero-order valence-corrected chi connectivity index (χ0v) is 13.0. The average molecular weight is 322 g/mol. The highest BCUT2D eigenvalue weighted by molar-refractivity contribution is 5.94. The molecule has 0 N–H and O–H groups in total. The largest absolute Gasteiger partial charge is 0.497 e. The first kappa shape index (κ1) is 13.3. The molecule has 0 fully saturated rings. The zero-order chi connectivity index (χ0) is 16.1. The van der Waals surface area contributed by atoms with Crippen LogP contribution in [-0.4, -0.2) is 50.7 Å². The molecule has 0 saturated carbocycles. The molecule has 8 heteroatoms. The van der Waals surface area contributed by atoms with E-state index in [-0.39, 0.29) is 0 Å². The van der Waals surface area contributed by atoms with Crippen LogP contribution in [-0.2, 0) is 11.2 Å². The summed E-state index contributed by atoms with van der Waals surface area (Å²) in [6.07, 6.45) is 4.22. The quantitative estimate of drug-likeness (QED) is 0.553. The second kappa shape index (κ2) is 4.92. The zero-order valence-electron chi connectivity index (χ0n) is 13.0. The van der Waals surface area contributed by atoms with Crippen molar-refractivity contribution < 1.29 is 9.47 Å². The molecule has 0 atom stereocenters. The van der Waals surface area contributed by atoms with Crippen molar-refractivity contribution in [1.82, 2.24) is 24.5 Å². The van der Waals surface area contributed by atoms with E-state index in [1.165, 1.54) is 0 Å². The fourth-order valence-corrected chi connectivity index (χ4v) is 3.16. The molecule has 1 aromatic carbocycles. The predicted molar refractivity (Wildman–Crippen MR) is 85.2 cm³/mol. The van der Waals surface area contributed by atoms with Gasteiger partial charge < -0.3 is 9.47 Å². The Hall–Kier alpha value is -3.16. The molecule has 4 heterocycles. The highest BCUT2D eigenvalue weighted by Gasteiger charge is 2.27. The highest BCUT2D eigenvalue weighted by Crippen LogP contribution is 2.31. The standard InChI is InChI=1S/C16H14N6O2/c1-23-11-2-3-12-13(7-11)22-10(8-19-20-22)6-14-15(18-9-21(12)14)16-17-4-5-24-16/h2-3,7-9H,4-6H2,1H3. The van der Waals surface area contributed by atoms with Gasteiger partial charge in [0.25, 0.3) is 0 Å². The number of aliphatic imine (C=N–C) groups is 1. The summed E-state index contributed by atoms with van der Waals surface area (Å²) in [4.78, 5) is 8.95. The minimum atomic E-state index is 0.606. The molecule has 0 unspecified atom stereocenters. The Bertz CT molecular complexity index is 971. The van der Waals surface area contributed by atoms with Crippen molar-refractivity contribution in [2.45, 2.75) is 6.42 Å². The third-order valence-corrected chi connectivity index (χ3v) is 4.29. The van der Waals surface area contributed by atoms with Gasteiger partial charge in [-0.15, -0.1) is 5.10 Å². The number of methoxy groups -OCH3 is 1. The molecule has 0 aliphatic carbocycles. The summed E-state index contributed by atoms with van der Waals surface area (Å²) >= 11 is 0. The van der Waals surface area contributed by atoms with Gasteiger partial charge in [0.15, 0.2) is 0 Å². The molecule has 2 aliphatic rings. The third kappa shape index (κ3) is 1.79. The summed E-state index contributed by atoms with van der Waals surface area (Å²) in [5.41, 5.74) is 4.64. The smallest absolute Gasteiger partial charge is 0.237 e. The number of fused-ring (bicyclic) bond motifs is 5. The topological polar surface area (TPSA) is 79.3 Å². The first-order valence-corrected chi connectivity index (χ1v) is 7.67. The second-order valence-electron chi connectivity index (χ2n) is 5.61. The Kier molecular flexibility index (Phi) is 2.72. The number of hydrogen-bond donors (Lipinski definition) is 0. The lowest BCUT2D eigenvalue weighted by atomic mass is 10.2. The lowest BCUT2D eigenvalue weighted by molar-refractivity contribution is 0.347. The van der Waals surface area contributed by atoms with Crippen LogP contribution in [0.15, 0.2) is 35.7 Å². The summed E-state index contributed by atoms with van der Waals surface area (Å²) < 4.78 is 14.9. The van der Waals surface area contributed by atoms with E-state index in [0.29, 0.717) is 25.5 Å². The maximum atomic E-state index is 5.61. The van der Waals surface area contributed by atoms with Crippen molar-refractivity contribution in [3.05, 3.63) is 47.8 Å². The van der Waals surface area contributed by atoms with Crippen LogP contribution in [0.1, 0.15) is 17.1 Å². The first-order chi connectivity index (χ1) is 11.8. The van der Waals surface area contributed by atoms with E-state index in [0.717, 1.165) is 34.2 Å². The van der Waals surface area contributed by atoms with E-state index < -0.39 is 0 Å². The van der Waals surface area contributed by atoms with Gasteiger partial charge in [0.1, 0.15) is 24.4 Å². The van der Waals surface area contributed by atoms with Gasteiger partial charge in [-0.3, -0.25) is 4.57 Å². The number of benzene rings is 1. The van der Waals surface area contributed by atoms with Crippen LogP contribution < -0.4 is 4.74 Å². The van der Waals surface area contributed by atoms with Gasteiger partial charge in [-0.25, -0.2) is 14.7 Å².